The van der Waals surface area contributed by atoms with Crippen molar-refractivity contribution < 1.29 is 9.47 Å². The van der Waals surface area contributed by atoms with Crippen LogP contribution < -0.4 is 5.32 Å². The van der Waals surface area contributed by atoms with Gasteiger partial charge in [0.05, 0.1) is 12.2 Å². The molecule has 0 aliphatic carbocycles. The summed E-state index contributed by atoms with van der Waals surface area (Å²) in [5, 5.41) is 3.42. The van der Waals surface area contributed by atoms with Crippen LogP contribution in [0.15, 0.2) is 0 Å². The Morgan fingerprint density at radius 3 is 2.12 bits per heavy atom. The molecule has 4 nitrogen and oxygen atoms in total. The number of likely N-dealkylation sites (tertiary alicyclic amines) is 1. The first-order valence-electron chi connectivity index (χ1n) is 6.61. The fraction of sp³-hybridized carbons (Fsp3) is 1.00. The van der Waals surface area contributed by atoms with Crippen LogP contribution in [0.1, 0.15) is 20.3 Å². The highest BCUT2D eigenvalue weighted by Gasteiger charge is 2.34. The zero-order valence-electron chi connectivity index (χ0n) is 11.9. The maximum Gasteiger partial charge on any atom is 0.0971 e. The van der Waals surface area contributed by atoms with E-state index in [0.717, 1.165) is 19.6 Å². The molecule has 1 saturated heterocycles. The van der Waals surface area contributed by atoms with Crippen LogP contribution in [0.2, 0.25) is 0 Å². The Morgan fingerprint density at radius 2 is 1.76 bits per heavy atom. The van der Waals surface area contributed by atoms with Gasteiger partial charge < -0.3 is 14.8 Å². The monoisotopic (exact) mass is 244 g/mol. The lowest BCUT2D eigenvalue weighted by atomic mass is 9.99. The van der Waals surface area contributed by atoms with E-state index in [0.29, 0.717) is 12.0 Å². The van der Waals surface area contributed by atoms with Crippen molar-refractivity contribution in [2.45, 2.75) is 38.5 Å². The van der Waals surface area contributed by atoms with Gasteiger partial charge in [0, 0.05) is 39.9 Å². The van der Waals surface area contributed by atoms with E-state index < -0.39 is 0 Å². The topological polar surface area (TPSA) is 33.7 Å². The zero-order chi connectivity index (χ0) is 12.8. The highest BCUT2D eigenvalue weighted by molar-refractivity contribution is 4.88. The summed E-state index contributed by atoms with van der Waals surface area (Å²) in [5.74, 6) is 0.697. The molecule has 0 amide bonds. The summed E-state index contributed by atoms with van der Waals surface area (Å²) >= 11 is 0. The van der Waals surface area contributed by atoms with Crippen LogP contribution in [-0.2, 0) is 9.47 Å². The molecule has 1 fully saturated rings. The van der Waals surface area contributed by atoms with Gasteiger partial charge in [0.2, 0.25) is 0 Å². The third kappa shape index (κ3) is 3.91. The molecule has 0 spiro atoms. The highest BCUT2D eigenvalue weighted by atomic mass is 16.5. The average Bonchev–Trinajstić information content (AvgIpc) is 2.77. The van der Waals surface area contributed by atoms with E-state index in [2.05, 4.69) is 31.1 Å². The van der Waals surface area contributed by atoms with E-state index in [4.69, 9.17) is 9.47 Å². The lowest BCUT2D eigenvalue weighted by Gasteiger charge is -2.27. The van der Waals surface area contributed by atoms with Gasteiger partial charge in [-0.1, -0.05) is 20.3 Å². The first-order chi connectivity index (χ1) is 8.15. The fourth-order valence-electron chi connectivity index (χ4n) is 2.54. The minimum atomic E-state index is 0.217. The zero-order valence-corrected chi connectivity index (χ0v) is 11.9. The molecule has 1 N–H and O–H groups in total. The molecule has 0 aromatic carbocycles. The van der Waals surface area contributed by atoms with Crippen LogP contribution in [0.5, 0.6) is 0 Å². The molecule has 0 aromatic heterocycles. The van der Waals surface area contributed by atoms with Gasteiger partial charge in [-0.2, -0.15) is 0 Å². The van der Waals surface area contributed by atoms with E-state index in [9.17, 15) is 0 Å². The van der Waals surface area contributed by atoms with Crippen molar-refractivity contribution in [3.8, 4) is 0 Å². The van der Waals surface area contributed by atoms with Crippen molar-refractivity contribution in [1.82, 2.24) is 10.2 Å². The number of methoxy groups -OCH3 is 2. The van der Waals surface area contributed by atoms with Crippen LogP contribution in [0.4, 0.5) is 0 Å². The number of rotatable bonds is 7. The minimum Gasteiger partial charge on any atom is -0.377 e. The molecule has 0 radical (unpaired) electrons. The first-order valence-corrected chi connectivity index (χ1v) is 6.61. The summed E-state index contributed by atoms with van der Waals surface area (Å²) < 4.78 is 10.9. The van der Waals surface area contributed by atoms with Crippen molar-refractivity contribution >= 4 is 0 Å². The molecular weight excluding hydrogens is 216 g/mol. The maximum absolute atomic E-state index is 5.46. The Balaban J connectivity index is 2.46. The molecule has 1 aliphatic heterocycles. The predicted octanol–water partition coefficient (Wildman–Crippen LogP) is 0.966. The molecule has 4 unspecified atom stereocenters. The highest BCUT2D eigenvalue weighted by Crippen LogP contribution is 2.18. The molecule has 102 valence electrons. The van der Waals surface area contributed by atoms with Crippen LogP contribution in [0.3, 0.4) is 0 Å². The largest absolute Gasteiger partial charge is 0.377 e. The Bertz CT molecular complexity index is 202. The molecule has 17 heavy (non-hydrogen) atoms. The van der Waals surface area contributed by atoms with Crippen LogP contribution in [-0.4, -0.2) is 64.1 Å². The minimum absolute atomic E-state index is 0.217. The van der Waals surface area contributed by atoms with Crippen molar-refractivity contribution in [2.24, 2.45) is 5.92 Å². The van der Waals surface area contributed by atoms with E-state index in [1.807, 2.05) is 0 Å². The molecule has 0 bridgehead atoms. The third-order valence-electron chi connectivity index (χ3n) is 4.05. The quantitative estimate of drug-likeness (QED) is 0.723. The van der Waals surface area contributed by atoms with Crippen molar-refractivity contribution in [1.29, 1.82) is 0 Å². The predicted molar refractivity (Wildman–Crippen MR) is 70.3 cm³/mol. The van der Waals surface area contributed by atoms with E-state index in [1.54, 1.807) is 14.2 Å². The molecular formula is C13H28N2O2. The number of nitrogens with zero attached hydrogens (tertiary/aromatic N) is 1. The van der Waals surface area contributed by atoms with E-state index >= 15 is 0 Å². The average molecular weight is 244 g/mol. The number of likely N-dealkylation sites (N-methyl/N-ethyl adjacent to an activating group) is 1. The summed E-state index contributed by atoms with van der Waals surface area (Å²) in [6.07, 6.45) is 1.64. The smallest absolute Gasteiger partial charge is 0.0971 e. The van der Waals surface area contributed by atoms with Gasteiger partial charge in [-0.15, -0.1) is 0 Å². The molecule has 4 atom stereocenters. The maximum atomic E-state index is 5.46. The fourth-order valence-corrected chi connectivity index (χ4v) is 2.54. The Kier molecular flexibility index (Phi) is 6.41. The molecule has 1 heterocycles. The summed E-state index contributed by atoms with van der Waals surface area (Å²) in [5.41, 5.74) is 0. The molecule has 4 heteroatoms. The Labute approximate surface area is 106 Å². The molecule has 0 aromatic rings. The first kappa shape index (κ1) is 14.9. The molecule has 1 aliphatic rings. The normalized spacial score (nSPS) is 29.5. The summed E-state index contributed by atoms with van der Waals surface area (Å²) in [4.78, 5) is 2.44. The van der Waals surface area contributed by atoms with Crippen molar-refractivity contribution in [3.63, 3.8) is 0 Å². The van der Waals surface area contributed by atoms with Crippen LogP contribution in [0.25, 0.3) is 0 Å². The van der Waals surface area contributed by atoms with Gasteiger partial charge in [-0.3, -0.25) is 4.90 Å². The van der Waals surface area contributed by atoms with Crippen LogP contribution in [0, 0.1) is 5.92 Å². The van der Waals surface area contributed by atoms with Crippen LogP contribution >= 0.6 is 0 Å². The Hall–Kier alpha value is -0.160. The summed E-state index contributed by atoms with van der Waals surface area (Å²) in [6.45, 7) is 7.58. The van der Waals surface area contributed by atoms with Gasteiger partial charge in [0.15, 0.2) is 0 Å². The van der Waals surface area contributed by atoms with Crippen molar-refractivity contribution in [2.75, 3.05) is 40.9 Å². The second-order valence-corrected chi connectivity index (χ2v) is 5.05. The lowest BCUT2D eigenvalue weighted by molar-refractivity contribution is -0.00461. The van der Waals surface area contributed by atoms with E-state index in [-0.39, 0.29) is 12.2 Å². The third-order valence-corrected chi connectivity index (χ3v) is 4.05. The second kappa shape index (κ2) is 7.31. The van der Waals surface area contributed by atoms with Gasteiger partial charge in [-0.25, -0.2) is 0 Å². The Morgan fingerprint density at radius 1 is 1.24 bits per heavy atom. The molecule has 0 saturated carbocycles. The van der Waals surface area contributed by atoms with Gasteiger partial charge >= 0.3 is 0 Å². The second-order valence-electron chi connectivity index (χ2n) is 5.05. The SMILES string of the molecule is CCC(C)C(CN1CC(OC)C(OC)C1)NC. The van der Waals surface area contributed by atoms with Crippen molar-refractivity contribution in [3.05, 3.63) is 0 Å². The summed E-state index contributed by atoms with van der Waals surface area (Å²) in [6, 6.07) is 0.549. The van der Waals surface area contributed by atoms with Gasteiger partial charge in [-0.05, 0) is 13.0 Å². The summed E-state index contributed by atoms with van der Waals surface area (Å²) in [7, 11) is 5.59. The number of nitrogens with one attached hydrogen (secondary N) is 1. The number of hydrogen-bond acceptors (Lipinski definition) is 4. The lowest BCUT2D eigenvalue weighted by Crippen LogP contribution is -2.43. The standard InChI is InChI=1S/C13H28N2O2/c1-6-10(2)11(14-3)7-15-8-12(16-4)13(9-15)17-5/h10-14H,6-9H2,1-5H3. The van der Waals surface area contributed by atoms with Gasteiger partial charge in [0.1, 0.15) is 0 Å². The molecule has 1 rings (SSSR count). The number of hydrogen-bond donors (Lipinski definition) is 1. The van der Waals surface area contributed by atoms with E-state index in [1.165, 1.54) is 6.42 Å². The number of ether oxygens (including phenoxy) is 2. The van der Waals surface area contributed by atoms with Gasteiger partial charge in [0.25, 0.3) is 0 Å².